The van der Waals surface area contributed by atoms with E-state index in [0.717, 1.165) is 50.6 Å². The molecule has 2 saturated heterocycles. The highest BCUT2D eigenvalue weighted by Gasteiger charge is 2.39. The minimum absolute atomic E-state index is 0.0262. The number of piperidine rings is 1. The SMILES string of the molecule is COC(=O)CN1CCCC(N2COC[SH](C)(=O)C2)[C@@H]1CO[C@H]1CC[C@@H](c2cccc(OC(F)(F)F)c2)CC1. The van der Waals surface area contributed by atoms with E-state index in [1.165, 1.54) is 19.2 Å². The number of alkyl halides is 3. The van der Waals surface area contributed by atoms with Crippen LogP contribution in [0.4, 0.5) is 13.2 Å². The predicted molar refractivity (Wildman–Crippen MR) is 137 cm³/mol. The number of carbonyl (C=O) groups is 1. The predicted octanol–water partition coefficient (Wildman–Crippen LogP) is 3.49. The number of hydrogen-bond acceptors (Lipinski definition) is 8. The topological polar surface area (TPSA) is 77.5 Å². The van der Waals surface area contributed by atoms with Crippen LogP contribution >= 0.6 is 0 Å². The Morgan fingerprint density at radius 3 is 2.63 bits per heavy atom. The Kier molecular flexibility index (Phi) is 9.72. The maximum atomic E-state index is 12.8. The number of hydrogen-bond donors (Lipinski definition) is 1. The van der Waals surface area contributed by atoms with Crippen LogP contribution in [0.5, 0.6) is 5.75 Å². The van der Waals surface area contributed by atoms with E-state index in [4.69, 9.17) is 14.2 Å². The molecule has 38 heavy (non-hydrogen) atoms. The molecule has 2 aliphatic heterocycles. The van der Waals surface area contributed by atoms with Crippen LogP contribution in [0, 0.1) is 0 Å². The van der Waals surface area contributed by atoms with E-state index in [2.05, 4.69) is 14.5 Å². The average molecular weight is 565 g/mol. The van der Waals surface area contributed by atoms with Crippen LogP contribution < -0.4 is 4.74 Å². The van der Waals surface area contributed by atoms with Gasteiger partial charge in [0.25, 0.3) is 0 Å². The maximum absolute atomic E-state index is 12.8. The summed E-state index contributed by atoms with van der Waals surface area (Å²) in [5, 5.41) is 0. The number of rotatable bonds is 8. The minimum Gasteiger partial charge on any atom is -0.468 e. The highest BCUT2D eigenvalue weighted by molar-refractivity contribution is 8.02. The van der Waals surface area contributed by atoms with Gasteiger partial charge < -0.3 is 18.9 Å². The summed E-state index contributed by atoms with van der Waals surface area (Å²) in [4.78, 5) is 16.4. The second-order valence-electron chi connectivity index (χ2n) is 10.7. The van der Waals surface area contributed by atoms with Crippen LogP contribution in [0.25, 0.3) is 0 Å². The molecule has 1 unspecified atom stereocenters. The molecule has 8 nitrogen and oxygen atoms in total. The lowest BCUT2D eigenvalue weighted by molar-refractivity contribution is -0.274. The monoisotopic (exact) mass is 564 g/mol. The fourth-order valence-electron chi connectivity index (χ4n) is 5.95. The number of nitrogens with zero attached hydrogens (tertiary/aromatic N) is 2. The van der Waals surface area contributed by atoms with Crippen molar-refractivity contribution >= 4 is 15.9 Å². The van der Waals surface area contributed by atoms with Crippen LogP contribution in [0.1, 0.15) is 50.0 Å². The summed E-state index contributed by atoms with van der Waals surface area (Å²) < 4.78 is 71.7. The molecule has 1 aromatic carbocycles. The number of thiol groups is 1. The third kappa shape index (κ3) is 8.14. The van der Waals surface area contributed by atoms with Gasteiger partial charge in [-0.05, 0) is 74.9 Å². The molecule has 1 saturated carbocycles. The maximum Gasteiger partial charge on any atom is 0.573 e. The second kappa shape index (κ2) is 12.6. The summed E-state index contributed by atoms with van der Waals surface area (Å²) in [6.07, 6.45) is 2.08. The Balaban J connectivity index is 1.36. The molecule has 12 heteroatoms. The van der Waals surface area contributed by atoms with Gasteiger partial charge in [0.05, 0.1) is 32.2 Å². The molecule has 0 amide bonds. The van der Waals surface area contributed by atoms with Crippen molar-refractivity contribution in [3.8, 4) is 5.75 Å². The summed E-state index contributed by atoms with van der Waals surface area (Å²) in [6.45, 7) is 1.76. The van der Waals surface area contributed by atoms with Crippen molar-refractivity contribution in [2.45, 2.75) is 69.0 Å². The third-order valence-electron chi connectivity index (χ3n) is 7.73. The van der Waals surface area contributed by atoms with Crippen molar-refractivity contribution in [2.75, 3.05) is 51.6 Å². The number of halogens is 3. The van der Waals surface area contributed by atoms with Gasteiger partial charge >= 0.3 is 12.3 Å². The number of likely N-dealkylation sites (tertiary alicyclic amines) is 1. The van der Waals surface area contributed by atoms with Gasteiger partial charge in [-0.1, -0.05) is 22.1 Å². The van der Waals surface area contributed by atoms with Crippen LogP contribution in [-0.2, 0) is 28.9 Å². The van der Waals surface area contributed by atoms with Gasteiger partial charge in [0, 0.05) is 12.1 Å². The average Bonchev–Trinajstić information content (AvgIpc) is 2.86. The van der Waals surface area contributed by atoms with Crippen molar-refractivity contribution < 1.29 is 41.1 Å². The molecule has 216 valence electrons. The van der Waals surface area contributed by atoms with Crippen molar-refractivity contribution in [1.29, 1.82) is 0 Å². The molecule has 2 atom stereocenters. The first-order chi connectivity index (χ1) is 18.0. The number of ether oxygens (including phenoxy) is 4. The van der Waals surface area contributed by atoms with E-state index >= 15 is 0 Å². The summed E-state index contributed by atoms with van der Waals surface area (Å²) in [7, 11) is -1.03. The molecule has 1 aromatic rings. The second-order valence-corrected chi connectivity index (χ2v) is 13.9. The molecule has 0 N–H and O–H groups in total. The Bertz CT molecular complexity index is 988. The number of methoxy groups -OCH3 is 1. The molecular weight excluding hydrogens is 525 g/mol. The first-order valence-corrected chi connectivity index (χ1v) is 15.7. The summed E-state index contributed by atoms with van der Waals surface area (Å²) in [5.41, 5.74) is 0.843. The number of benzene rings is 1. The zero-order valence-corrected chi connectivity index (χ0v) is 22.9. The number of carbonyl (C=O) groups excluding carboxylic acids is 1. The van der Waals surface area contributed by atoms with E-state index in [9.17, 15) is 22.2 Å². The molecular formula is C26H39F3N2O6S. The van der Waals surface area contributed by atoms with Gasteiger partial charge in [-0.25, -0.2) is 0 Å². The first-order valence-electron chi connectivity index (χ1n) is 13.2. The highest BCUT2D eigenvalue weighted by Crippen LogP contribution is 2.36. The molecule has 0 aromatic heterocycles. The van der Waals surface area contributed by atoms with Crippen LogP contribution in [0.15, 0.2) is 24.3 Å². The van der Waals surface area contributed by atoms with Crippen LogP contribution in [-0.4, -0.2) is 96.1 Å². The normalized spacial score (nSPS) is 29.9. The van der Waals surface area contributed by atoms with Crippen molar-refractivity contribution in [2.24, 2.45) is 0 Å². The van der Waals surface area contributed by atoms with Gasteiger partial charge in [0.15, 0.2) is 0 Å². The molecule has 3 fully saturated rings. The Morgan fingerprint density at radius 1 is 1.18 bits per heavy atom. The summed E-state index contributed by atoms with van der Waals surface area (Å²) >= 11 is 0. The fourth-order valence-corrected chi connectivity index (χ4v) is 7.56. The molecule has 0 bridgehead atoms. The largest absolute Gasteiger partial charge is 0.573 e. The Labute approximate surface area is 223 Å². The lowest BCUT2D eigenvalue weighted by Gasteiger charge is -2.48. The quantitative estimate of drug-likeness (QED) is 0.380. The van der Waals surface area contributed by atoms with Gasteiger partial charge in [0.2, 0.25) is 0 Å². The zero-order valence-electron chi connectivity index (χ0n) is 22.0. The minimum atomic E-state index is -4.71. The van der Waals surface area contributed by atoms with Crippen LogP contribution in [0.2, 0.25) is 0 Å². The third-order valence-corrected chi connectivity index (χ3v) is 9.42. The highest BCUT2D eigenvalue weighted by atomic mass is 32.2. The number of esters is 1. The molecule has 3 aliphatic rings. The van der Waals surface area contributed by atoms with Crippen molar-refractivity contribution in [3.63, 3.8) is 0 Å². The van der Waals surface area contributed by atoms with Gasteiger partial charge in [-0.15, -0.1) is 13.2 Å². The van der Waals surface area contributed by atoms with E-state index in [1.807, 2.05) is 6.07 Å². The Morgan fingerprint density at radius 2 is 1.95 bits per heavy atom. The fraction of sp³-hybridized carbons (Fsp3) is 0.731. The first kappa shape index (κ1) is 29.3. The van der Waals surface area contributed by atoms with Crippen LogP contribution in [0.3, 0.4) is 0 Å². The van der Waals surface area contributed by atoms with E-state index in [1.54, 1.807) is 12.3 Å². The summed E-state index contributed by atoms with van der Waals surface area (Å²) in [6, 6.07) is 6.21. The molecule has 4 rings (SSSR count). The lowest BCUT2D eigenvalue weighted by Crippen LogP contribution is -2.61. The summed E-state index contributed by atoms with van der Waals surface area (Å²) in [5.74, 6) is 0.430. The molecule has 2 heterocycles. The Hall–Kier alpha value is -1.73. The van der Waals surface area contributed by atoms with Gasteiger partial charge in [-0.3, -0.25) is 18.8 Å². The van der Waals surface area contributed by atoms with E-state index < -0.39 is 16.3 Å². The lowest BCUT2D eigenvalue weighted by atomic mass is 9.82. The van der Waals surface area contributed by atoms with E-state index in [-0.39, 0.29) is 48.3 Å². The smallest absolute Gasteiger partial charge is 0.468 e. The zero-order chi connectivity index (χ0) is 27.3. The molecule has 0 radical (unpaired) electrons. The van der Waals surface area contributed by atoms with Gasteiger partial charge in [-0.2, -0.15) is 0 Å². The van der Waals surface area contributed by atoms with Crippen molar-refractivity contribution in [1.82, 2.24) is 9.80 Å². The molecule has 1 aliphatic carbocycles. The standard InChI is InChI=1S/C26H39F3N2O6S/c1-34-25(32)14-30-12-4-7-23(31-16-35-18-38(2,33)17-31)24(30)15-36-21-10-8-19(9-11-21)20-5-3-6-22(13-20)37-26(27,28)29/h3,5-6,13,19,21,23-24,38H,4,7-12,14-18H2,1-2H3/t19-,21+,23?,24-/m0/s1. The van der Waals surface area contributed by atoms with Crippen molar-refractivity contribution in [3.05, 3.63) is 29.8 Å². The van der Waals surface area contributed by atoms with Gasteiger partial charge in [0.1, 0.15) is 18.4 Å². The molecule has 0 spiro atoms. The van der Waals surface area contributed by atoms with E-state index in [0.29, 0.717) is 19.2 Å².